The normalized spacial score (nSPS) is 23.3. The Bertz CT molecular complexity index is 373. The van der Waals surface area contributed by atoms with Gasteiger partial charge in [0.2, 0.25) is 10.0 Å². The summed E-state index contributed by atoms with van der Waals surface area (Å²) in [6, 6.07) is -0.126. The number of hydrogen-bond acceptors (Lipinski definition) is 2. The van der Waals surface area contributed by atoms with Crippen LogP contribution in [-0.4, -0.2) is 42.6 Å². The first-order valence-electron chi connectivity index (χ1n) is 6.38. The minimum atomic E-state index is -4.29. The maximum absolute atomic E-state index is 12.1. The summed E-state index contributed by atoms with van der Waals surface area (Å²) < 4.78 is 61.9. The first-order chi connectivity index (χ1) is 8.76. The number of alkyl halides is 4. The van der Waals surface area contributed by atoms with Crippen LogP contribution >= 0.6 is 15.9 Å². The highest BCUT2D eigenvalue weighted by atomic mass is 79.9. The number of rotatable bonds is 5. The van der Waals surface area contributed by atoms with Gasteiger partial charge >= 0.3 is 6.18 Å². The molecule has 19 heavy (non-hydrogen) atoms. The van der Waals surface area contributed by atoms with Crippen molar-refractivity contribution < 1.29 is 21.6 Å². The highest BCUT2D eigenvalue weighted by Crippen LogP contribution is 2.25. The van der Waals surface area contributed by atoms with E-state index in [0.29, 0.717) is 11.9 Å². The maximum atomic E-state index is 12.1. The molecule has 0 amide bonds. The molecule has 0 aliphatic carbocycles. The molecule has 0 saturated carbocycles. The molecule has 1 fully saturated rings. The Morgan fingerprint density at radius 2 is 1.89 bits per heavy atom. The van der Waals surface area contributed by atoms with Crippen LogP contribution in [0.5, 0.6) is 0 Å². The number of halogens is 4. The lowest BCUT2D eigenvalue weighted by atomic mass is 10.1. The van der Waals surface area contributed by atoms with Crippen molar-refractivity contribution >= 4 is 26.0 Å². The Hall–Kier alpha value is 0.180. The SMILES string of the molecule is O=S(=O)(CCCC(F)(F)F)N1CCCCCC1CBr. The van der Waals surface area contributed by atoms with Crippen molar-refractivity contribution in [3.63, 3.8) is 0 Å². The van der Waals surface area contributed by atoms with Gasteiger partial charge in [-0.25, -0.2) is 8.42 Å². The average Bonchev–Trinajstić information content (AvgIpc) is 2.51. The maximum Gasteiger partial charge on any atom is 0.389 e. The molecule has 0 aromatic heterocycles. The highest BCUT2D eigenvalue weighted by molar-refractivity contribution is 9.09. The summed E-state index contributed by atoms with van der Waals surface area (Å²) >= 11 is 3.29. The zero-order valence-corrected chi connectivity index (χ0v) is 13.0. The van der Waals surface area contributed by atoms with Crippen molar-refractivity contribution in [2.75, 3.05) is 17.6 Å². The summed E-state index contributed by atoms with van der Waals surface area (Å²) in [5.74, 6) is -0.421. The topological polar surface area (TPSA) is 37.4 Å². The lowest BCUT2D eigenvalue weighted by molar-refractivity contribution is -0.134. The van der Waals surface area contributed by atoms with Crippen molar-refractivity contribution in [2.45, 2.75) is 50.7 Å². The summed E-state index contributed by atoms with van der Waals surface area (Å²) in [7, 11) is -3.59. The zero-order chi connectivity index (χ0) is 14.5. The van der Waals surface area contributed by atoms with Gasteiger partial charge in [0, 0.05) is 24.3 Å². The summed E-state index contributed by atoms with van der Waals surface area (Å²) in [5.41, 5.74) is 0. The Balaban J connectivity index is 2.63. The predicted octanol–water partition coefficient (Wildman–Crippen LogP) is 3.30. The molecule has 3 nitrogen and oxygen atoms in total. The second-order valence-corrected chi connectivity index (χ2v) is 7.49. The van der Waals surface area contributed by atoms with E-state index >= 15 is 0 Å². The average molecular weight is 366 g/mol. The van der Waals surface area contributed by atoms with E-state index < -0.39 is 28.4 Å². The molecule has 0 aromatic rings. The van der Waals surface area contributed by atoms with Gasteiger partial charge in [0.1, 0.15) is 0 Å². The van der Waals surface area contributed by atoms with Crippen molar-refractivity contribution in [3.8, 4) is 0 Å². The standard InChI is InChI=1S/C11H19BrF3NO2S/c12-9-10-5-2-1-3-7-16(10)19(17,18)8-4-6-11(13,14)15/h10H,1-9H2. The molecule has 1 unspecified atom stereocenters. The number of hydrogen-bond donors (Lipinski definition) is 0. The van der Waals surface area contributed by atoms with E-state index in [1.807, 2.05) is 0 Å². The van der Waals surface area contributed by atoms with Crippen LogP contribution in [0.25, 0.3) is 0 Å². The minimum absolute atomic E-state index is 0.126. The van der Waals surface area contributed by atoms with Gasteiger partial charge in [0.25, 0.3) is 0 Å². The van der Waals surface area contributed by atoms with E-state index in [0.717, 1.165) is 25.7 Å². The Morgan fingerprint density at radius 1 is 1.21 bits per heavy atom. The molecule has 0 aromatic carbocycles. The fourth-order valence-electron chi connectivity index (χ4n) is 2.24. The van der Waals surface area contributed by atoms with E-state index in [2.05, 4.69) is 15.9 Å². The van der Waals surface area contributed by atoms with Crippen LogP contribution < -0.4 is 0 Å². The molecule has 8 heteroatoms. The van der Waals surface area contributed by atoms with Crippen molar-refractivity contribution in [1.29, 1.82) is 0 Å². The van der Waals surface area contributed by atoms with Crippen LogP contribution in [0.1, 0.15) is 38.5 Å². The van der Waals surface area contributed by atoms with Crippen molar-refractivity contribution in [1.82, 2.24) is 4.31 Å². The fraction of sp³-hybridized carbons (Fsp3) is 1.00. The molecule has 0 radical (unpaired) electrons. The molecule has 1 aliphatic heterocycles. The monoisotopic (exact) mass is 365 g/mol. The lowest BCUT2D eigenvalue weighted by Crippen LogP contribution is -2.42. The Kier molecular flexibility index (Phi) is 6.59. The summed E-state index contributed by atoms with van der Waals surface area (Å²) in [4.78, 5) is 0. The highest BCUT2D eigenvalue weighted by Gasteiger charge is 2.32. The van der Waals surface area contributed by atoms with Gasteiger partial charge in [0.05, 0.1) is 5.75 Å². The van der Waals surface area contributed by atoms with Gasteiger partial charge in [-0.15, -0.1) is 0 Å². The molecular formula is C11H19BrF3NO2S. The van der Waals surface area contributed by atoms with Crippen LogP contribution in [0, 0.1) is 0 Å². The molecule has 1 aliphatic rings. The Labute approximate surface area is 120 Å². The van der Waals surface area contributed by atoms with Crippen LogP contribution in [0.2, 0.25) is 0 Å². The molecule has 1 saturated heterocycles. The fourth-order valence-corrected chi connectivity index (χ4v) is 4.89. The smallest absolute Gasteiger partial charge is 0.212 e. The summed E-state index contributed by atoms with van der Waals surface area (Å²) in [6.45, 7) is 0.421. The minimum Gasteiger partial charge on any atom is -0.212 e. The largest absolute Gasteiger partial charge is 0.389 e. The molecule has 0 bridgehead atoms. The van der Waals surface area contributed by atoms with E-state index in [4.69, 9.17) is 0 Å². The van der Waals surface area contributed by atoms with Crippen LogP contribution in [0.4, 0.5) is 13.2 Å². The molecule has 1 heterocycles. The summed E-state index contributed by atoms with van der Waals surface area (Å²) in [6.07, 6.45) is -2.21. The van der Waals surface area contributed by atoms with Gasteiger partial charge < -0.3 is 0 Å². The third-order valence-corrected chi connectivity index (χ3v) is 5.97. The molecule has 114 valence electrons. The van der Waals surface area contributed by atoms with Gasteiger partial charge in [-0.3, -0.25) is 0 Å². The molecular weight excluding hydrogens is 347 g/mol. The molecule has 0 N–H and O–H groups in total. The van der Waals surface area contributed by atoms with E-state index in [1.165, 1.54) is 4.31 Å². The van der Waals surface area contributed by atoms with Crippen LogP contribution in [0.15, 0.2) is 0 Å². The second-order valence-electron chi connectivity index (χ2n) is 4.80. The van der Waals surface area contributed by atoms with Crippen LogP contribution in [-0.2, 0) is 10.0 Å². The number of nitrogens with zero attached hydrogens (tertiary/aromatic N) is 1. The third kappa shape index (κ3) is 5.99. The van der Waals surface area contributed by atoms with Crippen LogP contribution in [0.3, 0.4) is 0 Å². The Morgan fingerprint density at radius 3 is 2.47 bits per heavy atom. The number of sulfonamides is 1. The lowest BCUT2D eigenvalue weighted by Gasteiger charge is -2.27. The molecule has 0 spiro atoms. The first kappa shape index (κ1) is 17.2. The van der Waals surface area contributed by atoms with E-state index in [1.54, 1.807) is 0 Å². The zero-order valence-electron chi connectivity index (χ0n) is 10.6. The van der Waals surface area contributed by atoms with Gasteiger partial charge in [-0.1, -0.05) is 28.8 Å². The quantitative estimate of drug-likeness (QED) is 0.701. The van der Waals surface area contributed by atoms with Gasteiger partial charge in [-0.2, -0.15) is 17.5 Å². The second kappa shape index (κ2) is 7.26. The molecule has 1 rings (SSSR count). The molecule has 1 atom stereocenters. The van der Waals surface area contributed by atoms with Crippen molar-refractivity contribution in [2.24, 2.45) is 0 Å². The summed E-state index contributed by atoms with van der Waals surface area (Å²) in [5, 5.41) is 0.533. The first-order valence-corrected chi connectivity index (χ1v) is 9.11. The van der Waals surface area contributed by atoms with Gasteiger partial charge in [-0.05, 0) is 19.3 Å². The predicted molar refractivity (Wildman–Crippen MR) is 71.8 cm³/mol. The third-order valence-electron chi connectivity index (χ3n) is 3.22. The van der Waals surface area contributed by atoms with Gasteiger partial charge in [0.15, 0.2) is 0 Å². The van der Waals surface area contributed by atoms with Crippen molar-refractivity contribution in [3.05, 3.63) is 0 Å². The van der Waals surface area contributed by atoms with E-state index in [-0.39, 0.29) is 12.5 Å². The van der Waals surface area contributed by atoms with E-state index in [9.17, 15) is 21.6 Å².